The van der Waals surface area contributed by atoms with Gasteiger partial charge in [-0.3, -0.25) is 4.55 Å². The number of hydrogen-bond donors (Lipinski definition) is 1. The average molecular weight is 286 g/mol. The predicted octanol–water partition coefficient (Wildman–Crippen LogP) is 2.99. The molecule has 0 amide bonds. The minimum Gasteiger partial charge on any atom is -0.282 e. The molecule has 0 atom stereocenters. The molecule has 0 heterocycles. The second-order valence-corrected chi connectivity index (χ2v) is 5.33. The number of halogens is 4. The van der Waals surface area contributed by atoms with E-state index in [0.717, 1.165) is 6.07 Å². The van der Waals surface area contributed by atoms with Crippen LogP contribution in [0.2, 0.25) is 0 Å². The zero-order valence-electron chi connectivity index (χ0n) is 9.42. The van der Waals surface area contributed by atoms with E-state index in [1.54, 1.807) is 0 Å². The smallest absolute Gasteiger partial charge is 0.282 e. The van der Waals surface area contributed by atoms with E-state index in [0.29, 0.717) is 12.1 Å². The number of rotatable bonds is 3. The molecule has 18 heavy (non-hydrogen) atoms. The molecule has 0 spiro atoms. The van der Waals surface area contributed by atoms with E-state index < -0.39 is 32.4 Å². The number of hydrogen-bond acceptors (Lipinski definition) is 2. The molecule has 0 radical (unpaired) electrons. The lowest BCUT2D eigenvalue weighted by Gasteiger charge is -2.25. The van der Waals surface area contributed by atoms with E-state index in [2.05, 4.69) is 0 Å². The fourth-order valence-corrected chi connectivity index (χ4v) is 2.06. The summed E-state index contributed by atoms with van der Waals surface area (Å²) in [6.07, 6.45) is 0. The minimum absolute atomic E-state index is 0.0247. The predicted molar refractivity (Wildman–Crippen MR) is 55.5 cm³/mol. The van der Waals surface area contributed by atoms with Crippen LogP contribution in [-0.2, 0) is 16.0 Å². The highest BCUT2D eigenvalue weighted by molar-refractivity contribution is 7.85. The molecule has 3 nitrogen and oxygen atoms in total. The third-order valence-corrected chi connectivity index (χ3v) is 3.21. The van der Waals surface area contributed by atoms with Crippen molar-refractivity contribution in [1.82, 2.24) is 0 Å². The quantitative estimate of drug-likeness (QED) is 0.686. The molecular weight excluding hydrogens is 276 g/mol. The summed E-state index contributed by atoms with van der Waals surface area (Å²) in [4.78, 5) is -1.22. The van der Waals surface area contributed by atoms with E-state index in [1.807, 2.05) is 0 Å². The van der Waals surface area contributed by atoms with Crippen LogP contribution in [0.1, 0.15) is 18.1 Å². The lowest BCUT2D eigenvalue weighted by molar-refractivity contribution is -0.206. The maximum Gasteiger partial charge on any atom is 0.336 e. The van der Waals surface area contributed by atoms with Crippen molar-refractivity contribution in [3.63, 3.8) is 0 Å². The molecule has 0 aromatic heterocycles. The van der Waals surface area contributed by atoms with Crippen molar-refractivity contribution in [2.45, 2.75) is 30.6 Å². The summed E-state index contributed by atoms with van der Waals surface area (Å²) in [5.74, 6) is -9.16. The van der Waals surface area contributed by atoms with Gasteiger partial charge in [0.15, 0.2) is 0 Å². The van der Waals surface area contributed by atoms with E-state index in [9.17, 15) is 26.0 Å². The van der Waals surface area contributed by atoms with Crippen LogP contribution in [0.15, 0.2) is 23.1 Å². The summed E-state index contributed by atoms with van der Waals surface area (Å²) >= 11 is 0. The van der Waals surface area contributed by atoms with Crippen LogP contribution in [0.5, 0.6) is 0 Å². The van der Waals surface area contributed by atoms with Crippen molar-refractivity contribution in [2.75, 3.05) is 0 Å². The molecule has 1 aromatic rings. The first-order chi connectivity index (χ1) is 7.87. The Bertz CT molecular complexity index is 561. The van der Waals surface area contributed by atoms with Gasteiger partial charge in [0.2, 0.25) is 0 Å². The molecule has 0 aliphatic carbocycles. The van der Waals surface area contributed by atoms with E-state index >= 15 is 0 Å². The fraction of sp³-hybridized carbons (Fsp3) is 0.400. The van der Waals surface area contributed by atoms with Gasteiger partial charge >= 0.3 is 11.8 Å². The van der Waals surface area contributed by atoms with Gasteiger partial charge in [0.25, 0.3) is 10.1 Å². The number of alkyl halides is 4. The first-order valence-electron chi connectivity index (χ1n) is 4.71. The van der Waals surface area contributed by atoms with Gasteiger partial charge in [-0.1, -0.05) is 11.6 Å². The Morgan fingerprint density at radius 1 is 1.17 bits per heavy atom. The van der Waals surface area contributed by atoms with Crippen molar-refractivity contribution >= 4 is 10.1 Å². The highest BCUT2D eigenvalue weighted by atomic mass is 32.2. The summed E-state index contributed by atoms with van der Waals surface area (Å²) in [5, 5.41) is 0. The first kappa shape index (κ1) is 14.9. The molecule has 0 bridgehead atoms. The average Bonchev–Trinajstić information content (AvgIpc) is 2.13. The topological polar surface area (TPSA) is 54.4 Å². The lowest BCUT2D eigenvalue weighted by Crippen LogP contribution is -2.36. The first-order valence-corrected chi connectivity index (χ1v) is 6.15. The zero-order valence-corrected chi connectivity index (χ0v) is 10.2. The van der Waals surface area contributed by atoms with Crippen molar-refractivity contribution in [1.29, 1.82) is 0 Å². The van der Waals surface area contributed by atoms with Crippen LogP contribution in [0.4, 0.5) is 17.6 Å². The van der Waals surface area contributed by atoms with E-state index in [4.69, 9.17) is 4.55 Å². The normalized spacial score (nSPS) is 13.7. The Hall–Kier alpha value is -1.15. The van der Waals surface area contributed by atoms with Gasteiger partial charge in [0.1, 0.15) is 4.90 Å². The van der Waals surface area contributed by atoms with E-state index in [1.165, 1.54) is 6.92 Å². The molecular formula is C10H10F4O3S. The fourth-order valence-electron chi connectivity index (χ4n) is 1.35. The molecule has 1 aromatic carbocycles. The largest absolute Gasteiger partial charge is 0.336 e. The van der Waals surface area contributed by atoms with Crippen LogP contribution in [0, 0.1) is 6.92 Å². The third-order valence-electron chi connectivity index (χ3n) is 2.30. The Kier molecular flexibility index (Phi) is 3.48. The summed E-state index contributed by atoms with van der Waals surface area (Å²) in [6, 6.07) is 2.40. The SMILES string of the molecule is Cc1ccc(S(=O)(=O)O)c(C(F)(F)C(C)(F)F)c1. The summed E-state index contributed by atoms with van der Waals surface area (Å²) < 4.78 is 83.4. The van der Waals surface area contributed by atoms with Gasteiger partial charge in [-0.15, -0.1) is 0 Å². The Morgan fingerprint density at radius 2 is 1.67 bits per heavy atom. The van der Waals surface area contributed by atoms with Crippen molar-refractivity contribution in [2.24, 2.45) is 0 Å². The van der Waals surface area contributed by atoms with Crippen LogP contribution in [0.3, 0.4) is 0 Å². The van der Waals surface area contributed by atoms with Gasteiger partial charge in [0.05, 0.1) is 0 Å². The number of benzene rings is 1. The maximum absolute atomic E-state index is 13.5. The summed E-state index contributed by atoms with van der Waals surface area (Å²) in [7, 11) is -5.01. The van der Waals surface area contributed by atoms with Crippen LogP contribution < -0.4 is 0 Å². The van der Waals surface area contributed by atoms with Gasteiger partial charge < -0.3 is 0 Å². The molecule has 0 saturated carbocycles. The van der Waals surface area contributed by atoms with Crippen LogP contribution in [0.25, 0.3) is 0 Å². The molecule has 0 saturated heterocycles. The van der Waals surface area contributed by atoms with Crippen molar-refractivity contribution in [3.8, 4) is 0 Å². The monoisotopic (exact) mass is 286 g/mol. The Balaban J connectivity index is 3.64. The van der Waals surface area contributed by atoms with Crippen LogP contribution in [-0.4, -0.2) is 18.9 Å². The third kappa shape index (κ3) is 2.64. The minimum atomic E-state index is -5.01. The summed E-state index contributed by atoms with van der Waals surface area (Å²) in [6.45, 7) is 1.31. The molecule has 0 aliphatic rings. The second-order valence-electron chi connectivity index (χ2n) is 3.94. The Morgan fingerprint density at radius 3 is 2.06 bits per heavy atom. The van der Waals surface area contributed by atoms with Crippen molar-refractivity contribution in [3.05, 3.63) is 29.3 Å². The highest BCUT2D eigenvalue weighted by Crippen LogP contribution is 2.44. The molecule has 1 rings (SSSR count). The molecule has 0 aliphatic heterocycles. The lowest BCUT2D eigenvalue weighted by atomic mass is 10.0. The Labute approximate surface area is 101 Å². The highest BCUT2D eigenvalue weighted by Gasteiger charge is 2.55. The van der Waals surface area contributed by atoms with Crippen LogP contribution >= 0.6 is 0 Å². The van der Waals surface area contributed by atoms with Gasteiger partial charge in [-0.25, -0.2) is 0 Å². The number of aryl methyl sites for hydroxylation is 1. The van der Waals surface area contributed by atoms with Crippen molar-refractivity contribution < 1.29 is 30.5 Å². The van der Waals surface area contributed by atoms with Gasteiger partial charge in [0, 0.05) is 12.5 Å². The second kappa shape index (κ2) is 4.20. The molecule has 0 fully saturated rings. The maximum atomic E-state index is 13.5. The van der Waals surface area contributed by atoms with Gasteiger partial charge in [-0.05, 0) is 19.1 Å². The molecule has 102 valence electrons. The van der Waals surface area contributed by atoms with Gasteiger partial charge in [-0.2, -0.15) is 26.0 Å². The molecule has 8 heteroatoms. The van der Waals surface area contributed by atoms with E-state index in [-0.39, 0.29) is 12.5 Å². The molecule has 0 unspecified atom stereocenters. The summed E-state index contributed by atoms with van der Waals surface area (Å²) in [5.41, 5.74) is -1.25. The standard InChI is InChI=1S/C10H10F4O3S/c1-6-3-4-8(18(15,16)17)7(5-6)10(13,14)9(2,11)12/h3-5H,1-2H3,(H,15,16,17). The zero-order chi connectivity index (χ0) is 14.4. The molecule has 1 N–H and O–H groups in total.